The zero-order chi connectivity index (χ0) is 19.0. The van der Waals surface area contributed by atoms with Crippen molar-refractivity contribution < 1.29 is 5.11 Å². The number of thiophene rings is 1. The first-order chi connectivity index (χ1) is 13.1. The van der Waals surface area contributed by atoms with Crippen LogP contribution in [0.25, 0.3) is 32.1 Å². The van der Waals surface area contributed by atoms with Gasteiger partial charge in [0.25, 0.3) is 5.56 Å². The van der Waals surface area contributed by atoms with E-state index in [9.17, 15) is 9.90 Å². The normalized spacial score (nSPS) is 11.5. The van der Waals surface area contributed by atoms with Crippen molar-refractivity contribution in [2.75, 3.05) is 0 Å². The lowest BCUT2D eigenvalue weighted by atomic mass is 9.92. The van der Waals surface area contributed by atoms with Crippen LogP contribution in [-0.4, -0.2) is 10.1 Å². The van der Waals surface area contributed by atoms with Gasteiger partial charge in [-0.15, -0.1) is 11.3 Å². The van der Waals surface area contributed by atoms with Crippen LogP contribution in [0.3, 0.4) is 0 Å². The zero-order valence-corrected chi connectivity index (χ0v) is 16.6. The lowest BCUT2D eigenvalue weighted by Gasteiger charge is -2.15. The van der Waals surface area contributed by atoms with E-state index in [2.05, 4.69) is 36.2 Å². The summed E-state index contributed by atoms with van der Waals surface area (Å²) < 4.78 is 0.675. The number of rotatable bonds is 5. The number of pyridine rings is 1. The predicted molar refractivity (Wildman–Crippen MR) is 115 cm³/mol. The molecule has 0 aliphatic carbocycles. The highest BCUT2D eigenvalue weighted by molar-refractivity contribution is 7.17. The molecule has 0 spiro atoms. The summed E-state index contributed by atoms with van der Waals surface area (Å²) in [5.74, 6) is 0. The van der Waals surface area contributed by atoms with Gasteiger partial charge < -0.3 is 10.1 Å². The molecule has 2 N–H and O–H groups in total. The second-order valence-corrected chi connectivity index (χ2v) is 8.04. The molecule has 4 aromatic rings. The number of benzene rings is 2. The summed E-state index contributed by atoms with van der Waals surface area (Å²) in [7, 11) is 0. The van der Waals surface area contributed by atoms with E-state index in [0.717, 1.165) is 33.9 Å². The molecule has 0 atom stereocenters. The average Bonchev–Trinajstić information content (AvgIpc) is 3.18. The molecule has 2 heterocycles. The number of aliphatic hydroxyl groups is 1. The molecule has 2 aromatic carbocycles. The maximum atomic E-state index is 12.4. The van der Waals surface area contributed by atoms with Gasteiger partial charge in [0.1, 0.15) is 4.70 Å². The van der Waals surface area contributed by atoms with Gasteiger partial charge in [-0.2, -0.15) is 0 Å². The van der Waals surface area contributed by atoms with Crippen LogP contribution in [0.5, 0.6) is 0 Å². The maximum Gasteiger partial charge on any atom is 0.266 e. The Morgan fingerprint density at radius 3 is 2.67 bits per heavy atom. The summed E-state index contributed by atoms with van der Waals surface area (Å²) in [5.41, 5.74) is 4.49. The molecule has 0 aliphatic heterocycles. The summed E-state index contributed by atoms with van der Waals surface area (Å²) in [4.78, 5) is 15.3. The van der Waals surface area contributed by atoms with Gasteiger partial charge in [0.15, 0.2) is 0 Å². The van der Waals surface area contributed by atoms with Crippen molar-refractivity contribution in [1.82, 2.24) is 4.98 Å². The fraction of sp³-hybridized carbons (Fsp3) is 0.227. The SMILES string of the molecule is CCCCc1ccc(-c2c(CO)cc(Cl)c3[nH]c(=O)c4sccc4c23)cc1. The fourth-order valence-corrected chi connectivity index (χ4v) is 4.69. The van der Waals surface area contributed by atoms with Crippen LogP contribution in [0.15, 0.2) is 46.6 Å². The number of H-pyrrole nitrogens is 1. The number of fused-ring (bicyclic) bond motifs is 3. The second-order valence-electron chi connectivity index (χ2n) is 6.72. The number of halogens is 1. The first-order valence-electron chi connectivity index (χ1n) is 9.08. The van der Waals surface area contributed by atoms with Gasteiger partial charge in [0.05, 0.1) is 17.1 Å². The number of unbranched alkanes of at least 4 members (excludes halogenated alkanes) is 1. The smallest absolute Gasteiger partial charge is 0.266 e. The van der Waals surface area contributed by atoms with Crippen LogP contribution in [0, 0.1) is 0 Å². The van der Waals surface area contributed by atoms with Crippen LogP contribution in [0.1, 0.15) is 30.9 Å². The summed E-state index contributed by atoms with van der Waals surface area (Å²) >= 11 is 7.86. The van der Waals surface area contributed by atoms with Crippen LogP contribution in [-0.2, 0) is 13.0 Å². The zero-order valence-electron chi connectivity index (χ0n) is 15.0. The van der Waals surface area contributed by atoms with Gasteiger partial charge in [-0.25, -0.2) is 0 Å². The van der Waals surface area contributed by atoms with E-state index in [-0.39, 0.29) is 12.2 Å². The lowest BCUT2D eigenvalue weighted by molar-refractivity contribution is 0.282. The molecule has 0 saturated carbocycles. The molecule has 2 aromatic heterocycles. The van der Waals surface area contributed by atoms with E-state index in [1.54, 1.807) is 6.07 Å². The fourth-order valence-electron chi connectivity index (χ4n) is 3.62. The Morgan fingerprint density at radius 2 is 1.96 bits per heavy atom. The Balaban J connectivity index is 2.02. The Hall–Kier alpha value is -2.14. The minimum absolute atomic E-state index is 0.118. The number of aromatic nitrogens is 1. The molecule has 5 heteroatoms. The minimum atomic E-state index is -0.132. The van der Waals surface area contributed by atoms with Crippen molar-refractivity contribution in [2.45, 2.75) is 32.8 Å². The molecule has 0 amide bonds. The Bertz CT molecular complexity index is 1180. The third kappa shape index (κ3) is 3.18. The number of aliphatic hydroxyl groups excluding tert-OH is 1. The van der Waals surface area contributed by atoms with E-state index < -0.39 is 0 Å². The largest absolute Gasteiger partial charge is 0.392 e. The average molecular weight is 398 g/mol. The molecule has 0 radical (unpaired) electrons. The Labute approximate surface area is 166 Å². The van der Waals surface area contributed by atoms with Gasteiger partial charge in [0.2, 0.25) is 0 Å². The lowest BCUT2D eigenvalue weighted by Crippen LogP contribution is -2.06. The van der Waals surface area contributed by atoms with Gasteiger partial charge in [-0.05, 0) is 52.6 Å². The Morgan fingerprint density at radius 1 is 1.19 bits per heavy atom. The van der Waals surface area contributed by atoms with Crippen molar-refractivity contribution in [3.63, 3.8) is 0 Å². The molecule has 138 valence electrons. The van der Waals surface area contributed by atoms with Gasteiger partial charge >= 0.3 is 0 Å². The third-order valence-corrected chi connectivity index (χ3v) is 6.18. The summed E-state index contributed by atoms with van der Waals surface area (Å²) in [6.07, 6.45) is 3.40. The van der Waals surface area contributed by atoms with Crippen molar-refractivity contribution in [3.8, 4) is 11.1 Å². The van der Waals surface area contributed by atoms with Gasteiger partial charge in [-0.1, -0.05) is 49.2 Å². The molecular formula is C22H20ClNO2S. The number of aryl methyl sites for hydroxylation is 1. The highest BCUT2D eigenvalue weighted by Gasteiger charge is 2.18. The molecule has 4 rings (SSSR count). The van der Waals surface area contributed by atoms with Crippen LogP contribution < -0.4 is 5.56 Å². The van der Waals surface area contributed by atoms with Crippen LogP contribution >= 0.6 is 22.9 Å². The first kappa shape index (κ1) is 18.2. The van der Waals surface area contributed by atoms with Gasteiger partial charge in [-0.3, -0.25) is 4.79 Å². The van der Waals surface area contributed by atoms with Crippen molar-refractivity contribution >= 4 is 43.9 Å². The molecule has 0 saturated heterocycles. The first-order valence-corrected chi connectivity index (χ1v) is 10.3. The molecule has 27 heavy (non-hydrogen) atoms. The van der Waals surface area contributed by atoms with Gasteiger partial charge in [0, 0.05) is 10.8 Å². The highest BCUT2D eigenvalue weighted by atomic mass is 35.5. The monoisotopic (exact) mass is 397 g/mol. The van der Waals surface area contributed by atoms with E-state index >= 15 is 0 Å². The summed E-state index contributed by atoms with van der Waals surface area (Å²) in [6.45, 7) is 2.07. The van der Waals surface area contributed by atoms with E-state index in [1.807, 2.05) is 11.4 Å². The molecule has 0 bridgehead atoms. The number of aromatic amines is 1. The third-order valence-electron chi connectivity index (χ3n) is 4.97. The summed E-state index contributed by atoms with van der Waals surface area (Å²) in [5, 5.41) is 14.1. The van der Waals surface area contributed by atoms with Crippen molar-refractivity contribution in [1.29, 1.82) is 0 Å². The summed E-state index contributed by atoms with van der Waals surface area (Å²) in [6, 6.07) is 12.2. The predicted octanol–water partition coefficient (Wildman–Crippen LogP) is 5.90. The topological polar surface area (TPSA) is 53.1 Å². The van der Waals surface area contributed by atoms with Crippen LogP contribution in [0.4, 0.5) is 0 Å². The van der Waals surface area contributed by atoms with E-state index in [4.69, 9.17) is 11.6 Å². The number of nitrogens with one attached hydrogen (secondary N) is 1. The molecule has 0 aliphatic rings. The molecule has 3 nitrogen and oxygen atoms in total. The second kappa shape index (κ2) is 7.47. The van der Waals surface area contributed by atoms with Crippen LogP contribution in [0.2, 0.25) is 5.02 Å². The number of hydrogen-bond donors (Lipinski definition) is 2. The standard InChI is InChI=1S/C22H20ClNO2S/c1-2-3-4-13-5-7-14(8-6-13)18-15(12-25)11-17(23)20-19(18)16-9-10-27-21(16)22(26)24-20/h5-11,25H,2-4,12H2,1H3,(H,24,26). The molecular weight excluding hydrogens is 378 g/mol. The van der Waals surface area contributed by atoms with E-state index in [0.29, 0.717) is 15.2 Å². The van der Waals surface area contributed by atoms with Crippen molar-refractivity contribution in [2.24, 2.45) is 0 Å². The Kier molecular flexibility index (Phi) is 5.04. The highest BCUT2D eigenvalue weighted by Crippen LogP contribution is 2.39. The van der Waals surface area contributed by atoms with E-state index in [1.165, 1.54) is 29.7 Å². The minimum Gasteiger partial charge on any atom is -0.392 e. The van der Waals surface area contributed by atoms with Crippen molar-refractivity contribution in [3.05, 3.63) is 68.3 Å². The molecule has 0 fully saturated rings. The molecule has 0 unspecified atom stereocenters. The maximum absolute atomic E-state index is 12.4. The quantitative estimate of drug-likeness (QED) is 0.440. The number of hydrogen-bond acceptors (Lipinski definition) is 3.